The van der Waals surface area contributed by atoms with Crippen LogP contribution in [0.5, 0.6) is 0 Å². The molecule has 1 saturated heterocycles. The number of sulfone groups is 1. The molecule has 0 aromatic heterocycles. The number of morpholine rings is 1. The second-order valence-corrected chi connectivity index (χ2v) is 18.6. The van der Waals surface area contributed by atoms with Crippen molar-refractivity contribution >= 4 is 44.9 Å². The Balaban J connectivity index is 1.79. The smallest absolute Gasteiger partial charge is 0.242 e. The predicted octanol–water partition coefficient (Wildman–Crippen LogP) is 2.21. The van der Waals surface area contributed by atoms with Crippen LogP contribution in [0.4, 0.5) is 0 Å². The van der Waals surface area contributed by atoms with Crippen molar-refractivity contribution in [3.8, 4) is 0 Å². The minimum atomic E-state index is -4.00. The van der Waals surface area contributed by atoms with Gasteiger partial charge in [-0.25, -0.2) is 8.42 Å². The molecular formula is C38H64N6O7S2. The van der Waals surface area contributed by atoms with Gasteiger partial charge in [-0.1, -0.05) is 62.4 Å². The van der Waals surface area contributed by atoms with Gasteiger partial charge in [-0.3, -0.25) is 19.3 Å². The summed E-state index contributed by atoms with van der Waals surface area (Å²) in [5.41, 5.74) is 0.687. The molecule has 3 rings (SSSR count). The lowest BCUT2D eigenvalue weighted by Gasteiger charge is -2.32. The van der Waals surface area contributed by atoms with Crippen LogP contribution in [0.3, 0.4) is 0 Å². The first-order valence-electron chi connectivity index (χ1n) is 19.3. The Bertz CT molecular complexity index is 1400. The molecule has 1 heterocycles. The first-order valence-corrected chi connectivity index (χ1v) is 21.2. The van der Waals surface area contributed by atoms with Gasteiger partial charge in [0.1, 0.15) is 11.3 Å². The van der Waals surface area contributed by atoms with Crippen molar-refractivity contribution in [2.24, 2.45) is 5.92 Å². The minimum absolute atomic E-state index is 0.0460. The molecule has 0 bridgehead atoms. The van der Waals surface area contributed by atoms with Gasteiger partial charge in [0, 0.05) is 39.8 Å². The summed E-state index contributed by atoms with van der Waals surface area (Å²) in [5, 5.41) is 25.2. The van der Waals surface area contributed by atoms with E-state index < -0.39 is 49.8 Å². The molecule has 1 aliphatic heterocycles. The first-order chi connectivity index (χ1) is 25.2. The van der Waals surface area contributed by atoms with Gasteiger partial charge in [0.25, 0.3) is 0 Å². The molecule has 13 nitrogen and oxygen atoms in total. The lowest BCUT2D eigenvalue weighted by Crippen LogP contribution is -2.56. The number of rotatable bonds is 20. The van der Waals surface area contributed by atoms with Crippen LogP contribution in [0, 0.1) is 5.92 Å². The van der Waals surface area contributed by atoms with Gasteiger partial charge in [-0.2, -0.15) is 0 Å². The van der Waals surface area contributed by atoms with Crippen LogP contribution in [0.2, 0.25) is 0 Å². The van der Waals surface area contributed by atoms with E-state index in [1.54, 1.807) is 52.1 Å². The molecule has 1 aromatic carbocycles. The number of benzene rings is 1. The van der Waals surface area contributed by atoms with E-state index in [0.29, 0.717) is 62.8 Å². The van der Waals surface area contributed by atoms with Crippen LogP contribution in [-0.4, -0.2) is 122 Å². The zero-order valence-corrected chi connectivity index (χ0v) is 33.8. The number of aliphatic hydroxyl groups excluding tert-OH is 1. The maximum absolute atomic E-state index is 14.2. The number of unbranched alkanes of at least 4 members (excludes halogenated alkanes) is 1. The third kappa shape index (κ3) is 15.4. The summed E-state index contributed by atoms with van der Waals surface area (Å²) < 4.78 is 31.8. The fourth-order valence-electron chi connectivity index (χ4n) is 6.86. The second-order valence-electron chi connectivity index (χ2n) is 15.3. The average Bonchev–Trinajstić information content (AvgIpc) is 3.13. The standard InChI is InChI=1S/C38H64N6O7S2/c1-38(2,3)53(49,50)33(26-29-15-9-6-10-16-29)36(48)42-30(17-11-12-18-41-37(52)39-4)35(47)43-31(25-28-13-7-5-8-14-28)32(45)27-34(46)40-19-20-44-21-23-51-24-22-44/h6,9-10,15-16,28,30-33,45H,5,7-8,11-14,17-27H2,1-4H3,(H,40,46)(H,42,48)(H,43,47)(H2,39,41,52)/t30-,31-,32-,33?/m0/s1. The maximum atomic E-state index is 14.2. The number of hydrogen-bond acceptors (Lipinski definition) is 9. The molecule has 3 amide bonds. The number of amides is 3. The van der Waals surface area contributed by atoms with Gasteiger partial charge in [-0.15, -0.1) is 0 Å². The second kappa shape index (κ2) is 22.5. The highest BCUT2D eigenvalue weighted by Crippen LogP contribution is 2.29. The summed E-state index contributed by atoms with van der Waals surface area (Å²) in [6.07, 6.45) is 5.72. The summed E-state index contributed by atoms with van der Waals surface area (Å²) in [7, 11) is -2.28. The number of hydrogen-bond donors (Lipinski definition) is 6. The molecule has 1 aliphatic carbocycles. The number of nitrogens with one attached hydrogen (secondary N) is 5. The predicted molar refractivity (Wildman–Crippen MR) is 212 cm³/mol. The van der Waals surface area contributed by atoms with Crippen LogP contribution in [0.1, 0.15) is 90.5 Å². The van der Waals surface area contributed by atoms with Crippen molar-refractivity contribution in [1.29, 1.82) is 0 Å². The lowest BCUT2D eigenvalue weighted by atomic mass is 9.83. The highest BCUT2D eigenvalue weighted by molar-refractivity contribution is 7.94. The molecule has 53 heavy (non-hydrogen) atoms. The summed E-state index contributed by atoms with van der Waals surface area (Å²) >= 11 is 5.16. The van der Waals surface area contributed by atoms with Gasteiger partial charge in [0.2, 0.25) is 17.7 Å². The third-order valence-corrected chi connectivity index (χ3v) is 13.4. The number of nitrogens with zero attached hydrogens (tertiary/aromatic N) is 1. The quantitative estimate of drug-likeness (QED) is 0.0845. The Hall–Kier alpha value is -2.85. The van der Waals surface area contributed by atoms with Gasteiger partial charge < -0.3 is 36.4 Å². The zero-order chi connectivity index (χ0) is 38.9. The normalized spacial score (nSPS) is 18.2. The molecule has 1 aromatic rings. The number of thiocarbonyl (C=S) groups is 1. The molecule has 0 spiro atoms. The summed E-state index contributed by atoms with van der Waals surface area (Å²) in [5.74, 6) is -1.30. The summed E-state index contributed by atoms with van der Waals surface area (Å²) in [6, 6.07) is 7.16. The highest BCUT2D eigenvalue weighted by Gasteiger charge is 2.42. The highest BCUT2D eigenvalue weighted by atomic mass is 32.2. The Kier molecular flexibility index (Phi) is 18.9. The third-order valence-electron chi connectivity index (χ3n) is 10.2. The van der Waals surface area contributed by atoms with Crippen molar-refractivity contribution < 1.29 is 32.6 Å². The van der Waals surface area contributed by atoms with Crippen molar-refractivity contribution in [2.75, 3.05) is 53.0 Å². The lowest BCUT2D eigenvalue weighted by molar-refractivity contribution is -0.130. The van der Waals surface area contributed by atoms with Crippen LogP contribution in [-0.2, 0) is 35.4 Å². The van der Waals surface area contributed by atoms with Crippen molar-refractivity contribution in [3.05, 3.63) is 35.9 Å². The molecule has 6 N–H and O–H groups in total. The van der Waals surface area contributed by atoms with E-state index in [1.165, 1.54) is 0 Å². The van der Waals surface area contributed by atoms with E-state index in [4.69, 9.17) is 17.0 Å². The summed E-state index contributed by atoms with van der Waals surface area (Å²) in [4.78, 5) is 43.4. The SMILES string of the molecule is CNC(=S)NCCCC[C@H](NC(=O)C(Cc1ccccc1)S(=O)(=O)C(C)(C)C)C(=O)N[C@@H](CC1CCCCC1)[C@@H](O)CC(=O)NCCN1CCOCC1. The Morgan fingerprint density at radius 2 is 1.64 bits per heavy atom. The zero-order valence-electron chi connectivity index (χ0n) is 32.2. The van der Waals surface area contributed by atoms with Gasteiger partial charge in [0.05, 0.1) is 36.5 Å². The molecule has 1 saturated carbocycles. The Morgan fingerprint density at radius 1 is 0.962 bits per heavy atom. The Labute approximate surface area is 322 Å². The van der Waals surface area contributed by atoms with Crippen molar-refractivity contribution in [3.63, 3.8) is 0 Å². The van der Waals surface area contributed by atoms with E-state index in [-0.39, 0.29) is 31.1 Å². The fraction of sp³-hybridized carbons (Fsp3) is 0.737. The Morgan fingerprint density at radius 3 is 2.28 bits per heavy atom. The number of ether oxygens (including phenoxy) is 1. The van der Waals surface area contributed by atoms with Crippen LogP contribution < -0.4 is 26.6 Å². The maximum Gasteiger partial charge on any atom is 0.242 e. The molecule has 15 heteroatoms. The fourth-order valence-corrected chi connectivity index (χ4v) is 8.57. The van der Waals surface area contributed by atoms with Crippen LogP contribution in [0.15, 0.2) is 30.3 Å². The topological polar surface area (TPSA) is 178 Å². The largest absolute Gasteiger partial charge is 0.390 e. The van der Waals surface area contributed by atoms with E-state index in [1.807, 2.05) is 6.07 Å². The van der Waals surface area contributed by atoms with Gasteiger partial charge in [0.15, 0.2) is 14.9 Å². The molecular weight excluding hydrogens is 717 g/mol. The number of aliphatic hydroxyl groups is 1. The molecule has 2 fully saturated rings. The molecule has 300 valence electrons. The van der Waals surface area contributed by atoms with Crippen molar-refractivity contribution in [1.82, 2.24) is 31.5 Å². The number of carbonyl (C=O) groups is 3. The van der Waals surface area contributed by atoms with Crippen LogP contribution >= 0.6 is 12.2 Å². The van der Waals surface area contributed by atoms with E-state index in [0.717, 1.165) is 45.2 Å². The first kappa shape index (κ1) is 44.5. The summed E-state index contributed by atoms with van der Waals surface area (Å²) in [6.45, 7) is 9.30. The van der Waals surface area contributed by atoms with Gasteiger partial charge >= 0.3 is 0 Å². The van der Waals surface area contributed by atoms with E-state index >= 15 is 0 Å². The average molecular weight is 781 g/mol. The minimum Gasteiger partial charge on any atom is -0.390 e. The number of carbonyl (C=O) groups excluding carboxylic acids is 3. The molecule has 4 atom stereocenters. The monoisotopic (exact) mass is 780 g/mol. The van der Waals surface area contributed by atoms with E-state index in [9.17, 15) is 27.9 Å². The molecule has 1 unspecified atom stereocenters. The van der Waals surface area contributed by atoms with Crippen molar-refractivity contribution in [2.45, 2.75) is 120 Å². The van der Waals surface area contributed by atoms with Crippen LogP contribution in [0.25, 0.3) is 0 Å². The molecule has 0 radical (unpaired) electrons. The van der Waals surface area contributed by atoms with E-state index in [2.05, 4.69) is 31.5 Å². The molecule has 2 aliphatic rings. The van der Waals surface area contributed by atoms with Gasteiger partial charge in [-0.05, 0) is 76.6 Å².